The van der Waals surface area contributed by atoms with E-state index in [-0.39, 0.29) is 16.9 Å². The predicted molar refractivity (Wildman–Crippen MR) is 139 cm³/mol. The van der Waals surface area contributed by atoms with E-state index >= 15 is 0 Å². The van der Waals surface area contributed by atoms with Gasteiger partial charge in [-0.3, -0.25) is 4.79 Å². The van der Waals surface area contributed by atoms with Gasteiger partial charge < -0.3 is 10.2 Å². The standard InChI is InChI=1S/C28H46O3.C3H6/c1-24(2)20-11-15-27(5)21(25(20,3)14-12-22(24)29)10-9-18-19-8-6-7-13-28(19,23(30)31)17-16-26(18,27)4;1-3-2/h18-22,29H,6-17H2,1-5H3,(H,30,31);3H,1H2,2H3/t18?,19-,20?,21?,22?,25?,26-,27?,28?;/m0./s1. The average Bonchev–Trinajstić information content (AvgIpc) is 2.77. The summed E-state index contributed by atoms with van der Waals surface area (Å²) in [7, 11) is 0. The molecule has 34 heavy (non-hydrogen) atoms. The van der Waals surface area contributed by atoms with Gasteiger partial charge in [0.2, 0.25) is 0 Å². The third-order valence-electron chi connectivity index (χ3n) is 13.0. The molecule has 0 aromatic heterocycles. The number of carbonyl (C=O) groups is 1. The molecule has 5 saturated carbocycles. The SMILES string of the molecule is C=CC.CC1(C)C(O)CCC2(C)C1CCC1(C)C2CCC2[C@@H]3CCCCC3(C(=O)O)CC[C@@]21C. The molecular weight excluding hydrogens is 420 g/mol. The maximum absolute atomic E-state index is 12.6. The lowest BCUT2D eigenvalue weighted by atomic mass is 9.32. The van der Waals surface area contributed by atoms with Gasteiger partial charge in [-0.2, -0.15) is 0 Å². The minimum atomic E-state index is -0.495. The van der Waals surface area contributed by atoms with Crippen molar-refractivity contribution >= 4 is 5.97 Å². The lowest BCUT2D eigenvalue weighted by Gasteiger charge is -2.73. The van der Waals surface area contributed by atoms with Crippen molar-refractivity contribution in [1.29, 1.82) is 0 Å². The first-order valence-electron chi connectivity index (χ1n) is 14.3. The lowest BCUT2D eigenvalue weighted by molar-refractivity contribution is -0.251. The van der Waals surface area contributed by atoms with Crippen molar-refractivity contribution in [1.82, 2.24) is 0 Å². The Morgan fingerprint density at radius 3 is 2.12 bits per heavy atom. The molecule has 9 atom stereocenters. The zero-order valence-corrected chi connectivity index (χ0v) is 23.0. The Hall–Kier alpha value is -0.830. The lowest BCUT2D eigenvalue weighted by Crippen LogP contribution is -2.67. The van der Waals surface area contributed by atoms with E-state index in [0.717, 1.165) is 44.9 Å². The Kier molecular flexibility index (Phi) is 6.66. The minimum Gasteiger partial charge on any atom is -0.481 e. The van der Waals surface area contributed by atoms with Crippen molar-refractivity contribution in [2.75, 3.05) is 0 Å². The van der Waals surface area contributed by atoms with Crippen LogP contribution < -0.4 is 0 Å². The molecule has 2 N–H and O–H groups in total. The van der Waals surface area contributed by atoms with Crippen LogP contribution in [0, 0.1) is 50.7 Å². The molecule has 3 nitrogen and oxygen atoms in total. The van der Waals surface area contributed by atoms with Crippen molar-refractivity contribution in [3.05, 3.63) is 12.7 Å². The highest BCUT2D eigenvalue weighted by atomic mass is 16.4. The Morgan fingerprint density at radius 1 is 0.794 bits per heavy atom. The van der Waals surface area contributed by atoms with Gasteiger partial charge in [0.15, 0.2) is 0 Å². The molecule has 5 aliphatic rings. The van der Waals surface area contributed by atoms with E-state index in [1.54, 1.807) is 6.08 Å². The molecule has 0 aromatic rings. The van der Waals surface area contributed by atoms with Crippen molar-refractivity contribution in [3.8, 4) is 0 Å². The van der Waals surface area contributed by atoms with Crippen LogP contribution in [-0.2, 0) is 4.79 Å². The van der Waals surface area contributed by atoms with Crippen LogP contribution in [0.15, 0.2) is 12.7 Å². The predicted octanol–water partition coefficient (Wildman–Crippen LogP) is 7.87. The molecule has 5 aliphatic carbocycles. The first kappa shape index (κ1) is 26.2. The zero-order chi connectivity index (χ0) is 25.2. The molecule has 0 amide bonds. The summed E-state index contributed by atoms with van der Waals surface area (Å²) in [4.78, 5) is 12.6. The monoisotopic (exact) mass is 472 g/mol. The highest BCUT2D eigenvalue weighted by Gasteiger charge is 2.70. The summed E-state index contributed by atoms with van der Waals surface area (Å²) in [6, 6.07) is 0. The largest absolute Gasteiger partial charge is 0.481 e. The van der Waals surface area contributed by atoms with Crippen LogP contribution >= 0.6 is 0 Å². The number of rotatable bonds is 1. The van der Waals surface area contributed by atoms with Crippen molar-refractivity contribution in [2.24, 2.45) is 50.7 Å². The Balaban J connectivity index is 0.000000868. The van der Waals surface area contributed by atoms with Crippen molar-refractivity contribution < 1.29 is 15.0 Å². The molecule has 0 saturated heterocycles. The third-order valence-corrected chi connectivity index (χ3v) is 13.0. The highest BCUT2D eigenvalue weighted by molar-refractivity contribution is 5.75. The van der Waals surface area contributed by atoms with Crippen molar-refractivity contribution in [3.63, 3.8) is 0 Å². The quantitative estimate of drug-likeness (QED) is 0.382. The maximum Gasteiger partial charge on any atom is 0.309 e. The fraction of sp³-hybridized carbons (Fsp3) is 0.903. The second-order valence-electron chi connectivity index (χ2n) is 14.3. The first-order chi connectivity index (χ1) is 15.8. The van der Waals surface area contributed by atoms with Crippen LogP contribution in [-0.4, -0.2) is 22.3 Å². The van der Waals surface area contributed by atoms with Crippen molar-refractivity contribution in [2.45, 2.75) is 125 Å². The molecule has 0 spiro atoms. The third kappa shape index (κ3) is 3.34. The van der Waals surface area contributed by atoms with E-state index in [4.69, 9.17) is 0 Å². The molecule has 0 aliphatic heterocycles. The summed E-state index contributed by atoms with van der Waals surface area (Å²) in [6.07, 6.45) is 15.0. The Labute approximate surface area is 209 Å². The number of hydrogen-bond acceptors (Lipinski definition) is 2. The van der Waals surface area contributed by atoms with E-state index in [0.29, 0.717) is 34.5 Å². The van der Waals surface area contributed by atoms with Gasteiger partial charge in [-0.25, -0.2) is 0 Å². The number of aliphatic hydroxyl groups excluding tert-OH is 1. The molecule has 194 valence electrons. The van der Waals surface area contributed by atoms with Gasteiger partial charge in [-0.05, 0) is 116 Å². The van der Waals surface area contributed by atoms with Crippen LogP contribution in [0.4, 0.5) is 0 Å². The smallest absolute Gasteiger partial charge is 0.309 e. The number of fused-ring (bicyclic) bond motifs is 7. The van der Waals surface area contributed by atoms with Crippen LogP contribution in [0.5, 0.6) is 0 Å². The minimum absolute atomic E-state index is 0.000476. The summed E-state index contributed by atoms with van der Waals surface area (Å²) in [6.45, 7) is 17.7. The first-order valence-corrected chi connectivity index (χ1v) is 14.3. The second kappa shape index (κ2) is 8.63. The number of aliphatic hydroxyl groups is 1. The average molecular weight is 473 g/mol. The van der Waals surface area contributed by atoms with Crippen LogP contribution in [0.3, 0.4) is 0 Å². The molecule has 0 aromatic carbocycles. The molecule has 5 rings (SSSR count). The van der Waals surface area contributed by atoms with Crippen LogP contribution in [0.25, 0.3) is 0 Å². The molecule has 0 radical (unpaired) electrons. The number of allylic oxidation sites excluding steroid dienone is 1. The van der Waals surface area contributed by atoms with Crippen LogP contribution in [0.2, 0.25) is 0 Å². The fourth-order valence-electron chi connectivity index (χ4n) is 11.1. The molecule has 5 fully saturated rings. The van der Waals surface area contributed by atoms with Gasteiger partial charge in [0.25, 0.3) is 0 Å². The van der Waals surface area contributed by atoms with E-state index in [9.17, 15) is 15.0 Å². The highest BCUT2D eigenvalue weighted by Crippen LogP contribution is 2.76. The van der Waals surface area contributed by atoms with E-state index in [1.165, 1.54) is 32.1 Å². The summed E-state index contributed by atoms with van der Waals surface area (Å²) in [5, 5.41) is 21.2. The maximum atomic E-state index is 12.6. The molecule has 0 heterocycles. The van der Waals surface area contributed by atoms with Gasteiger partial charge in [-0.15, -0.1) is 6.58 Å². The van der Waals surface area contributed by atoms with E-state index in [2.05, 4.69) is 41.2 Å². The number of hydrogen-bond donors (Lipinski definition) is 2. The number of carboxylic acids is 1. The fourth-order valence-corrected chi connectivity index (χ4v) is 11.1. The second-order valence-corrected chi connectivity index (χ2v) is 14.3. The van der Waals surface area contributed by atoms with E-state index < -0.39 is 11.4 Å². The zero-order valence-electron chi connectivity index (χ0n) is 23.0. The number of carboxylic acid groups (broad SMARTS) is 1. The number of aliphatic carboxylic acids is 1. The van der Waals surface area contributed by atoms with Gasteiger partial charge in [0.1, 0.15) is 0 Å². The summed E-state index contributed by atoms with van der Waals surface area (Å²) >= 11 is 0. The summed E-state index contributed by atoms with van der Waals surface area (Å²) in [5.74, 6) is 1.75. The van der Waals surface area contributed by atoms with Gasteiger partial charge in [0.05, 0.1) is 11.5 Å². The molecule has 0 bridgehead atoms. The molecule has 7 unspecified atom stereocenters. The van der Waals surface area contributed by atoms with Crippen LogP contribution in [0.1, 0.15) is 119 Å². The molecule has 3 heteroatoms. The summed E-state index contributed by atoms with van der Waals surface area (Å²) in [5.41, 5.74) is 0.411. The normalized spacial score (nSPS) is 51.3. The Morgan fingerprint density at radius 2 is 1.47 bits per heavy atom. The van der Waals surface area contributed by atoms with Gasteiger partial charge in [-0.1, -0.05) is 53.5 Å². The summed E-state index contributed by atoms with van der Waals surface area (Å²) < 4.78 is 0. The van der Waals surface area contributed by atoms with Gasteiger partial charge in [0, 0.05) is 0 Å². The Bertz CT molecular complexity index is 802. The van der Waals surface area contributed by atoms with E-state index in [1.807, 2.05) is 6.92 Å². The molecular formula is C31H52O3. The van der Waals surface area contributed by atoms with Gasteiger partial charge >= 0.3 is 5.97 Å². The topological polar surface area (TPSA) is 57.5 Å².